The zero-order chi connectivity index (χ0) is 14.4. The molecule has 0 aromatic heterocycles. The van der Waals surface area contributed by atoms with Crippen LogP contribution in [0.15, 0.2) is 24.3 Å². The maximum Gasteiger partial charge on any atom is 0.320 e. The van der Waals surface area contributed by atoms with Crippen LogP contribution < -0.4 is 9.64 Å². The Labute approximate surface area is 120 Å². The summed E-state index contributed by atoms with van der Waals surface area (Å²) >= 11 is 0. The van der Waals surface area contributed by atoms with Crippen LogP contribution in [0, 0.1) is 0 Å². The van der Waals surface area contributed by atoms with Gasteiger partial charge in [-0.15, -0.1) is 0 Å². The average Bonchev–Trinajstić information content (AvgIpc) is 2.48. The molecular formula is C15H22N2O3. The molecule has 5 nitrogen and oxygen atoms in total. The number of esters is 1. The van der Waals surface area contributed by atoms with Crippen molar-refractivity contribution in [1.29, 1.82) is 0 Å². The first kappa shape index (κ1) is 14.7. The molecule has 20 heavy (non-hydrogen) atoms. The summed E-state index contributed by atoms with van der Waals surface area (Å²) in [6.45, 7) is 6.28. The predicted octanol–water partition coefficient (Wildman–Crippen LogP) is 1.38. The number of piperazine rings is 1. The predicted molar refractivity (Wildman–Crippen MR) is 78.3 cm³/mol. The fourth-order valence-corrected chi connectivity index (χ4v) is 2.35. The van der Waals surface area contributed by atoms with Crippen molar-refractivity contribution in [3.63, 3.8) is 0 Å². The van der Waals surface area contributed by atoms with E-state index in [1.165, 1.54) is 5.69 Å². The Balaban J connectivity index is 1.82. The second-order valence-corrected chi connectivity index (χ2v) is 4.77. The van der Waals surface area contributed by atoms with Gasteiger partial charge in [-0.25, -0.2) is 0 Å². The molecule has 0 atom stereocenters. The molecule has 0 bridgehead atoms. The molecule has 1 fully saturated rings. The van der Waals surface area contributed by atoms with Gasteiger partial charge in [-0.05, 0) is 31.2 Å². The number of carbonyl (C=O) groups is 1. The van der Waals surface area contributed by atoms with Gasteiger partial charge in [0.1, 0.15) is 5.75 Å². The van der Waals surface area contributed by atoms with Crippen LogP contribution >= 0.6 is 0 Å². The SMILES string of the molecule is CCOC(=O)CN1CCN(c2ccc(OC)cc2)CC1. The molecule has 0 amide bonds. The van der Waals surface area contributed by atoms with E-state index in [-0.39, 0.29) is 5.97 Å². The number of ether oxygens (including phenoxy) is 2. The molecule has 0 aliphatic carbocycles. The second-order valence-electron chi connectivity index (χ2n) is 4.77. The van der Waals surface area contributed by atoms with E-state index in [2.05, 4.69) is 21.9 Å². The molecule has 0 N–H and O–H groups in total. The third-order valence-corrected chi connectivity index (χ3v) is 3.47. The van der Waals surface area contributed by atoms with E-state index in [4.69, 9.17) is 9.47 Å². The number of methoxy groups -OCH3 is 1. The Hall–Kier alpha value is -1.75. The second kappa shape index (κ2) is 7.14. The third kappa shape index (κ3) is 3.87. The number of hydrogen-bond donors (Lipinski definition) is 0. The van der Waals surface area contributed by atoms with E-state index >= 15 is 0 Å². The zero-order valence-corrected chi connectivity index (χ0v) is 12.2. The molecule has 1 aromatic rings. The van der Waals surface area contributed by atoms with Crippen molar-refractivity contribution >= 4 is 11.7 Å². The van der Waals surface area contributed by atoms with Crippen molar-refractivity contribution in [2.75, 3.05) is 51.3 Å². The molecule has 1 aliphatic heterocycles. The first-order chi connectivity index (χ1) is 9.72. The van der Waals surface area contributed by atoms with E-state index in [9.17, 15) is 4.79 Å². The van der Waals surface area contributed by atoms with E-state index in [0.29, 0.717) is 13.2 Å². The van der Waals surface area contributed by atoms with E-state index in [0.717, 1.165) is 31.9 Å². The van der Waals surface area contributed by atoms with Gasteiger partial charge in [-0.2, -0.15) is 0 Å². The lowest BCUT2D eigenvalue weighted by Gasteiger charge is -2.35. The summed E-state index contributed by atoms with van der Waals surface area (Å²) in [6.07, 6.45) is 0. The molecular weight excluding hydrogens is 256 g/mol. The summed E-state index contributed by atoms with van der Waals surface area (Å²) in [6, 6.07) is 8.08. The molecule has 1 heterocycles. The van der Waals surface area contributed by atoms with E-state index in [1.807, 2.05) is 19.1 Å². The third-order valence-electron chi connectivity index (χ3n) is 3.47. The Morgan fingerprint density at radius 1 is 1.15 bits per heavy atom. The van der Waals surface area contributed by atoms with Gasteiger partial charge in [0.15, 0.2) is 0 Å². The Morgan fingerprint density at radius 2 is 1.80 bits per heavy atom. The van der Waals surface area contributed by atoms with Crippen LogP contribution in [0.25, 0.3) is 0 Å². The van der Waals surface area contributed by atoms with Gasteiger partial charge in [0, 0.05) is 31.9 Å². The minimum absolute atomic E-state index is 0.134. The van der Waals surface area contributed by atoms with Gasteiger partial charge in [-0.3, -0.25) is 9.69 Å². The summed E-state index contributed by atoms with van der Waals surface area (Å²) < 4.78 is 10.1. The molecule has 2 rings (SSSR count). The van der Waals surface area contributed by atoms with Gasteiger partial charge in [0.2, 0.25) is 0 Å². The molecule has 110 valence electrons. The number of nitrogens with zero attached hydrogens (tertiary/aromatic N) is 2. The van der Waals surface area contributed by atoms with Crippen molar-refractivity contribution in [3.8, 4) is 5.75 Å². The van der Waals surface area contributed by atoms with Crippen molar-refractivity contribution in [3.05, 3.63) is 24.3 Å². The maximum atomic E-state index is 11.4. The lowest BCUT2D eigenvalue weighted by atomic mass is 10.2. The standard InChI is InChI=1S/C15H22N2O3/c1-3-20-15(18)12-16-8-10-17(11-9-16)13-4-6-14(19-2)7-5-13/h4-7H,3,8-12H2,1-2H3. The zero-order valence-electron chi connectivity index (χ0n) is 12.2. The topological polar surface area (TPSA) is 42.0 Å². The monoisotopic (exact) mass is 278 g/mol. The number of hydrogen-bond acceptors (Lipinski definition) is 5. The molecule has 0 radical (unpaired) electrons. The fraction of sp³-hybridized carbons (Fsp3) is 0.533. The van der Waals surface area contributed by atoms with Crippen molar-refractivity contribution in [2.45, 2.75) is 6.92 Å². The fourth-order valence-electron chi connectivity index (χ4n) is 2.35. The minimum atomic E-state index is -0.134. The van der Waals surface area contributed by atoms with Crippen molar-refractivity contribution in [1.82, 2.24) is 4.90 Å². The number of benzene rings is 1. The summed E-state index contributed by atoms with van der Waals surface area (Å²) in [7, 11) is 1.67. The number of anilines is 1. The largest absolute Gasteiger partial charge is 0.497 e. The van der Waals surface area contributed by atoms with Gasteiger partial charge < -0.3 is 14.4 Å². The van der Waals surface area contributed by atoms with Gasteiger partial charge in [0.05, 0.1) is 20.3 Å². The van der Waals surface area contributed by atoms with Gasteiger partial charge >= 0.3 is 5.97 Å². The summed E-state index contributed by atoms with van der Waals surface area (Å²) in [5.41, 5.74) is 1.20. The van der Waals surface area contributed by atoms with Gasteiger partial charge in [-0.1, -0.05) is 0 Å². The van der Waals surface area contributed by atoms with Crippen molar-refractivity contribution < 1.29 is 14.3 Å². The molecule has 1 aromatic carbocycles. The molecule has 1 saturated heterocycles. The highest BCUT2D eigenvalue weighted by molar-refractivity contribution is 5.71. The van der Waals surface area contributed by atoms with E-state index in [1.54, 1.807) is 7.11 Å². The maximum absolute atomic E-state index is 11.4. The van der Waals surface area contributed by atoms with Crippen LogP contribution in [0.1, 0.15) is 6.92 Å². The minimum Gasteiger partial charge on any atom is -0.497 e. The molecule has 1 aliphatic rings. The molecule has 0 spiro atoms. The van der Waals surface area contributed by atoms with Crippen molar-refractivity contribution in [2.24, 2.45) is 0 Å². The lowest BCUT2D eigenvalue weighted by Crippen LogP contribution is -2.48. The van der Waals surface area contributed by atoms with Crippen LogP contribution in [0.5, 0.6) is 5.75 Å². The average molecular weight is 278 g/mol. The molecule has 0 unspecified atom stereocenters. The molecule has 0 saturated carbocycles. The quantitative estimate of drug-likeness (QED) is 0.761. The van der Waals surface area contributed by atoms with E-state index < -0.39 is 0 Å². The lowest BCUT2D eigenvalue weighted by molar-refractivity contribution is -0.144. The summed E-state index contributed by atoms with van der Waals surface area (Å²) in [5, 5.41) is 0. The van der Waals surface area contributed by atoms with Crippen LogP contribution in [-0.4, -0.2) is 57.3 Å². The highest BCUT2D eigenvalue weighted by atomic mass is 16.5. The van der Waals surface area contributed by atoms with Crippen LogP contribution in [0.4, 0.5) is 5.69 Å². The van der Waals surface area contributed by atoms with Gasteiger partial charge in [0.25, 0.3) is 0 Å². The van der Waals surface area contributed by atoms with Crippen LogP contribution in [0.2, 0.25) is 0 Å². The Morgan fingerprint density at radius 3 is 2.35 bits per heavy atom. The summed E-state index contributed by atoms with van der Waals surface area (Å²) in [5.74, 6) is 0.736. The first-order valence-corrected chi connectivity index (χ1v) is 7.00. The normalized spacial score (nSPS) is 16.0. The van der Waals surface area contributed by atoms with Crippen LogP contribution in [-0.2, 0) is 9.53 Å². The molecule has 5 heteroatoms. The summed E-state index contributed by atoms with van der Waals surface area (Å²) in [4.78, 5) is 15.9. The number of carbonyl (C=O) groups excluding carboxylic acids is 1. The highest BCUT2D eigenvalue weighted by Crippen LogP contribution is 2.20. The Bertz CT molecular complexity index is 425. The Kier molecular flexibility index (Phi) is 5.24. The smallest absolute Gasteiger partial charge is 0.320 e. The number of rotatable bonds is 5. The van der Waals surface area contributed by atoms with Crippen LogP contribution in [0.3, 0.4) is 0 Å². The first-order valence-electron chi connectivity index (χ1n) is 7.00. The highest BCUT2D eigenvalue weighted by Gasteiger charge is 2.19.